The van der Waals surface area contributed by atoms with Gasteiger partial charge in [0.05, 0.1) is 12.2 Å². The van der Waals surface area contributed by atoms with E-state index in [0.717, 1.165) is 25.4 Å². The van der Waals surface area contributed by atoms with E-state index in [1.807, 2.05) is 4.90 Å². The summed E-state index contributed by atoms with van der Waals surface area (Å²) in [6.07, 6.45) is 4.42. The lowest BCUT2D eigenvalue weighted by Crippen LogP contribution is -2.51. The van der Waals surface area contributed by atoms with E-state index in [2.05, 4.69) is 34.6 Å². The molecule has 0 aromatic heterocycles. The molecule has 0 bridgehead atoms. The number of amides is 1. The van der Waals surface area contributed by atoms with Crippen molar-refractivity contribution >= 4 is 5.91 Å². The first kappa shape index (κ1) is 15.8. The van der Waals surface area contributed by atoms with Crippen molar-refractivity contribution in [3.8, 4) is 0 Å². The Hall–Kier alpha value is -0.570. The Bertz CT molecular complexity index is 362. The van der Waals surface area contributed by atoms with Crippen LogP contribution in [0.2, 0.25) is 0 Å². The van der Waals surface area contributed by atoms with Gasteiger partial charge in [-0.3, -0.25) is 4.79 Å². The Morgan fingerprint density at radius 1 is 1.25 bits per heavy atom. The fraction of sp³-hybridized carbons (Fsp3) is 0.941. The maximum atomic E-state index is 12.5. The molecule has 1 saturated carbocycles. The standard InChI is InChI=1S/C17H31NO2/c1-13-8-14(11-16(2,3)10-13)9-15(19)18-6-7-20-17(4,5)12-18/h13-14H,6-12H2,1-5H3/t13-,14+/m1/s1. The van der Waals surface area contributed by atoms with E-state index in [4.69, 9.17) is 4.74 Å². The lowest BCUT2D eigenvalue weighted by molar-refractivity contribution is -0.147. The number of ether oxygens (including phenoxy) is 1. The normalized spacial score (nSPS) is 33.0. The van der Waals surface area contributed by atoms with Crippen molar-refractivity contribution < 1.29 is 9.53 Å². The van der Waals surface area contributed by atoms with E-state index in [1.165, 1.54) is 19.3 Å². The van der Waals surface area contributed by atoms with Gasteiger partial charge >= 0.3 is 0 Å². The van der Waals surface area contributed by atoms with Gasteiger partial charge in [0.15, 0.2) is 0 Å². The van der Waals surface area contributed by atoms with Crippen LogP contribution >= 0.6 is 0 Å². The molecule has 0 unspecified atom stereocenters. The van der Waals surface area contributed by atoms with Crippen LogP contribution < -0.4 is 0 Å². The molecule has 1 heterocycles. The average molecular weight is 281 g/mol. The van der Waals surface area contributed by atoms with Gasteiger partial charge in [-0.15, -0.1) is 0 Å². The van der Waals surface area contributed by atoms with Crippen molar-refractivity contribution in [2.45, 2.75) is 65.9 Å². The molecule has 3 heteroatoms. The monoisotopic (exact) mass is 281 g/mol. The minimum atomic E-state index is -0.187. The predicted molar refractivity (Wildman–Crippen MR) is 81.5 cm³/mol. The zero-order valence-electron chi connectivity index (χ0n) is 13.9. The van der Waals surface area contributed by atoms with Gasteiger partial charge in [0.25, 0.3) is 0 Å². The first-order valence-corrected chi connectivity index (χ1v) is 8.09. The SMILES string of the molecule is C[C@@H]1C[C@@H](CC(=O)N2CCOC(C)(C)C2)CC(C)(C)C1. The average Bonchev–Trinajstić information content (AvgIpc) is 2.24. The molecule has 116 valence electrons. The van der Waals surface area contributed by atoms with Gasteiger partial charge in [-0.2, -0.15) is 0 Å². The maximum absolute atomic E-state index is 12.5. The van der Waals surface area contributed by atoms with Gasteiger partial charge in [-0.25, -0.2) is 0 Å². The summed E-state index contributed by atoms with van der Waals surface area (Å²) in [5, 5.41) is 0. The topological polar surface area (TPSA) is 29.5 Å². The van der Waals surface area contributed by atoms with E-state index in [9.17, 15) is 4.79 Å². The highest BCUT2D eigenvalue weighted by atomic mass is 16.5. The molecule has 2 aliphatic rings. The summed E-state index contributed by atoms with van der Waals surface area (Å²) >= 11 is 0. The quantitative estimate of drug-likeness (QED) is 0.775. The number of hydrogen-bond donors (Lipinski definition) is 0. The summed E-state index contributed by atoms with van der Waals surface area (Å²) in [6.45, 7) is 13.3. The van der Waals surface area contributed by atoms with Gasteiger partial charge in [0.2, 0.25) is 5.91 Å². The molecular formula is C17H31NO2. The lowest BCUT2D eigenvalue weighted by Gasteiger charge is -2.41. The Labute approximate surface area is 124 Å². The summed E-state index contributed by atoms with van der Waals surface area (Å²) in [7, 11) is 0. The van der Waals surface area contributed by atoms with Crippen LogP contribution in [0.5, 0.6) is 0 Å². The third-order valence-electron chi connectivity index (χ3n) is 4.72. The first-order valence-electron chi connectivity index (χ1n) is 8.09. The van der Waals surface area contributed by atoms with Crippen molar-refractivity contribution in [2.75, 3.05) is 19.7 Å². The summed E-state index contributed by atoms with van der Waals surface area (Å²) in [4.78, 5) is 14.6. The zero-order chi connectivity index (χ0) is 15.0. The third-order valence-corrected chi connectivity index (χ3v) is 4.72. The van der Waals surface area contributed by atoms with E-state index >= 15 is 0 Å². The fourth-order valence-corrected chi connectivity index (χ4v) is 4.30. The van der Waals surface area contributed by atoms with Crippen LogP contribution in [0.1, 0.15) is 60.3 Å². The second-order valence-corrected chi connectivity index (χ2v) is 8.41. The molecule has 0 aromatic rings. The van der Waals surface area contributed by atoms with Crippen molar-refractivity contribution in [3.05, 3.63) is 0 Å². The summed E-state index contributed by atoms with van der Waals surface area (Å²) < 4.78 is 5.69. The van der Waals surface area contributed by atoms with Gasteiger partial charge in [0, 0.05) is 19.5 Å². The second kappa shape index (κ2) is 5.67. The minimum absolute atomic E-state index is 0.187. The van der Waals surface area contributed by atoms with Gasteiger partial charge < -0.3 is 9.64 Å². The fourth-order valence-electron chi connectivity index (χ4n) is 4.30. The van der Waals surface area contributed by atoms with E-state index in [-0.39, 0.29) is 5.60 Å². The molecular weight excluding hydrogens is 250 g/mol. The van der Waals surface area contributed by atoms with Crippen molar-refractivity contribution in [2.24, 2.45) is 17.3 Å². The Morgan fingerprint density at radius 3 is 2.55 bits per heavy atom. The largest absolute Gasteiger partial charge is 0.372 e. The molecule has 0 N–H and O–H groups in total. The second-order valence-electron chi connectivity index (χ2n) is 8.41. The van der Waals surface area contributed by atoms with Crippen LogP contribution in [-0.2, 0) is 9.53 Å². The smallest absolute Gasteiger partial charge is 0.223 e. The number of carbonyl (C=O) groups is 1. The van der Waals surface area contributed by atoms with E-state index in [1.54, 1.807) is 0 Å². The van der Waals surface area contributed by atoms with Crippen molar-refractivity contribution in [1.82, 2.24) is 4.90 Å². The summed E-state index contributed by atoms with van der Waals surface area (Å²) in [5.41, 5.74) is 0.208. The molecule has 2 fully saturated rings. The molecule has 2 rings (SSSR count). The van der Waals surface area contributed by atoms with Crippen LogP contribution in [-0.4, -0.2) is 36.1 Å². The van der Waals surface area contributed by atoms with Crippen molar-refractivity contribution in [3.63, 3.8) is 0 Å². The summed E-state index contributed by atoms with van der Waals surface area (Å²) in [6, 6.07) is 0. The maximum Gasteiger partial charge on any atom is 0.223 e. The number of nitrogens with zero attached hydrogens (tertiary/aromatic N) is 1. The molecule has 2 atom stereocenters. The molecule has 0 spiro atoms. The van der Waals surface area contributed by atoms with Crippen LogP contribution in [0.15, 0.2) is 0 Å². The molecule has 1 saturated heterocycles. The Balaban J connectivity index is 1.91. The molecule has 1 aliphatic carbocycles. The Kier molecular flexibility index (Phi) is 4.48. The van der Waals surface area contributed by atoms with Crippen LogP contribution in [0.25, 0.3) is 0 Å². The van der Waals surface area contributed by atoms with Gasteiger partial charge in [-0.05, 0) is 50.4 Å². The number of carbonyl (C=O) groups excluding carboxylic acids is 1. The highest BCUT2D eigenvalue weighted by Gasteiger charge is 2.35. The van der Waals surface area contributed by atoms with E-state index in [0.29, 0.717) is 23.8 Å². The lowest BCUT2D eigenvalue weighted by atomic mass is 9.67. The number of hydrogen-bond acceptors (Lipinski definition) is 2. The summed E-state index contributed by atoms with van der Waals surface area (Å²) in [5.74, 6) is 1.64. The highest BCUT2D eigenvalue weighted by Crippen LogP contribution is 2.43. The van der Waals surface area contributed by atoms with Crippen LogP contribution in [0.4, 0.5) is 0 Å². The van der Waals surface area contributed by atoms with Crippen LogP contribution in [0.3, 0.4) is 0 Å². The zero-order valence-corrected chi connectivity index (χ0v) is 13.9. The van der Waals surface area contributed by atoms with E-state index < -0.39 is 0 Å². The molecule has 20 heavy (non-hydrogen) atoms. The van der Waals surface area contributed by atoms with Crippen LogP contribution in [0, 0.1) is 17.3 Å². The third kappa shape index (κ3) is 4.21. The molecule has 1 aliphatic heterocycles. The molecule has 1 amide bonds. The molecule has 0 radical (unpaired) electrons. The number of rotatable bonds is 2. The van der Waals surface area contributed by atoms with Crippen molar-refractivity contribution in [1.29, 1.82) is 0 Å². The Morgan fingerprint density at radius 2 is 1.95 bits per heavy atom. The first-order chi connectivity index (χ1) is 9.17. The van der Waals surface area contributed by atoms with Gasteiger partial charge in [-0.1, -0.05) is 20.8 Å². The molecule has 0 aromatic carbocycles. The van der Waals surface area contributed by atoms with Gasteiger partial charge in [0.1, 0.15) is 0 Å². The highest BCUT2D eigenvalue weighted by molar-refractivity contribution is 5.76. The molecule has 3 nitrogen and oxygen atoms in total. The number of morpholine rings is 1. The minimum Gasteiger partial charge on any atom is -0.372 e. The predicted octanol–water partition coefficient (Wildman–Crippen LogP) is 3.48.